The van der Waals surface area contributed by atoms with Crippen LogP contribution in [0.25, 0.3) is 0 Å². The van der Waals surface area contributed by atoms with E-state index in [9.17, 15) is 0 Å². The van der Waals surface area contributed by atoms with E-state index >= 15 is 0 Å². The quantitative estimate of drug-likeness (QED) is 0.885. The lowest BCUT2D eigenvalue weighted by atomic mass is 9.94. The molecule has 0 fully saturated rings. The summed E-state index contributed by atoms with van der Waals surface area (Å²) >= 11 is 1.72. The lowest BCUT2D eigenvalue weighted by Gasteiger charge is -2.21. The lowest BCUT2D eigenvalue weighted by Crippen LogP contribution is -2.24. The fraction of sp³-hybridized carbons (Fsp3) is 0.438. The third kappa shape index (κ3) is 3.23. The number of hydrogen-bond acceptors (Lipinski definition) is 3. The number of nitrogens with one attached hydrogen (secondary N) is 1. The van der Waals surface area contributed by atoms with Gasteiger partial charge in [0.2, 0.25) is 0 Å². The smallest absolute Gasteiger partial charge is 0.114 e. The summed E-state index contributed by atoms with van der Waals surface area (Å²) in [5.74, 6) is 0. The van der Waals surface area contributed by atoms with Gasteiger partial charge in [0, 0.05) is 11.6 Å². The normalized spacial score (nSPS) is 12.6. The van der Waals surface area contributed by atoms with Gasteiger partial charge < -0.3 is 5.32 Å². The number of nitrogens with zero attached hydrogens (tertiary/aromatic N) is 1. The largest absolute Gasteiger partial charge is 0.304 e. The molecule has 1 aromatic heterocycles. The Hall–Kier alpha value is -1.19. The molecule has 1 unspecified atom stereocenters. The van der Waals surface area contributed by atoms with E-state index in [2.05, 4.69) is 55.5 Å². The first kappa shape index (κ1) is 14.2. The van der Waals surface area contributed by atoms with Gasteiger partial charge in [-0.05, 0) is 50.4 Å². The maximum absolute atomic E-state index is 4.51. The Labute approximate surface area is 119 Å². The van der Waals surface area contributed by atoms with Crippen LogP contribution in [0.2, 0.25) is 0 Å². The van der Waals surface area contributed by atoms with Gasteiger partial charge in [-0.25, -0.2) is 4.98 Å². The molecule has 19 heavy (non-hydrogen) atoms. The first-order valence-corrected chi connectivity index (χ1v) is 7.72. The molecular weight excluding hydrogens is 252 g/mol. The number of thiazole rings is 1. The minimum atomic E-state index is 0.223. The van der Waals surface area contributed by atoms with Crippen molar-refractivity contribution in [1.82, 2.24) is 10.3 Å². The zero-order valence-corrected chi connectivity index (χ0v) is 13.0. The zero-order chi connectivity index (χ0) is 13.8. The third-order valence-corrected chi connectivity index (χ3v) is 4.16. The van der Waals surface area contributed by atoms with Crippen LogP contribution < -0.4 is 5.32 Å². The average Bonchev–Trinajstić information content (AvgIpc) is 2.85. The second-order valence-electron chi connectivity index (χ2n) is 5.07. The molecule has 1 heterocycles. The van der Waals surface area contributed by atoms with E-state index in [0.717, 1.165) is 18.0 Å². The van der Waals surface area contributed by atoms with Crippen LogP contribution in [0.3, 0.4) is 0 Å². The third-order valence-electron chi connectivity index (χ3n) is 3.32. The van der Waals surface area contributed by atoms with Crippen LogP contribution in [0.1, 0.15) is 46.6 Å². The molecule has 0 saturated carbocycles. The van der Waals surface area contributed by atoms with Crippen LogP contribution in [0.5, 0.6) is 0 Å². The fourth-order valence-electron chi connectivity index (χ4n) is 2.63. The summed E-state index contributed by atoms with van der Waals surface area (Å²) in [5, 5.41) is 6.84. The van der Waals surface area contributed by atoms with E-state index in [1.807, 2.05) is 6.20 Å². The molecule has 0 aliphatic heterocycles. The molecule has 1 aromatic carbocycles. The van der Waals surface area contributed by atoms with Crippen LogP contribution in [0, 0.1) is 20.8 Å². The maximum Gasteiger partial charge on any atom is 0.114 e. The Morgan fingerprint density at radius 1 is 1.21 bits per heavy atom. The molecule has 0 bridgehead atoms. The predicted octanol–water partition coefficient (Wildman–Crippen LogP) is 4.16. The number of aryl methyl sites for hydroxylation is 3. The van der Waals surface area contributed by atoms with Gasteiger partial charge in [0.15, 0.2) is 0 Å². The van der Waals surface area contributed by atoms with Gasteiger partial charge in [-0.3, -0.25) is 0 Å². The molecule has 0 spiro atoms. The second-order valence-corrected chi connectivity index (χ2v) is 6.00. The summed E-state index contributed by atoms with van der Waals surface area (Å²) in [6.45, 7) is 9.76. The molecule has 2 rings (SSSR count). The molecule has 0 saturated heterocycles. The van der Waals surface area contributed by atoms with E-state index in [4.69, 9.17) is 0 Å². The number of hydrogen-bond donors (Lipinski definition) is 1. The van der Waals surface area contributed by atoms with Crippen molar-refractivity contribution >= 4 is 11.3 Å². The van der Waals surface area contributed by atoms with Gasteiger partial charge in [0.1, 0.15) is 5.01 Å². The van der Waals surface area contributed by atoms with Crippen molar-refractivity contribution in [3.63, 3.8) is 0 Å². The number of aromatic nitrogens is 1. The standard InChI is InChI=1S/C16H22N2S/c1-5-6-17-15(16-18-7-8-19-16)14-12(3)9-11(2)10-13(14)4/h7-10,15,17H,5-6H2,1-4H3. The van der Waals surface area contributed by atoms with Gasteiger partial charge in [-0.1, -0.05) is 24.6 Å². The summed E-state index contributed by atoms with van der Waals surface area (Å²) in [4.78, 5) is 4.51. The van der Waals surface area contributed by atoms with Gasteiger partial charge in [-0.2, -0.15) is 0 Å². The van der Waals surface area contributed by atoms with Gasteiger partial charge in [0.05, 0.1) is 6.04 Å². The van der Waals surface area contributed by atoms with Crippen molar-refractivity contribution in [1.29, 1.82) is 0 Å². The highest BCUT2D eigenvalue weighted by atomic mass is 32.1. The molecule has 0 aliphatic rings. The second kappa shape index (κ2) is 6.31. The number of rotatable bonds is 5. The SMILES string of the molecule is CCCNC(c1nccs1)c1c(C)cc(C)cc1C. The Balaban J connectivity index is 2.44. The maximum atomic E-state index is 4.51. The highest BCUT2D eigenvalue weighted by Crippen LogP contribution is 2.29. The summed E-state index contributed by atoms with van der Waals surface area (Å²) in [7, 11) is 0. The summed E-state index contributed by atoms with van der Waals surface area (Å²) in [6.07, 6.45) is 3.02. The van der Waals surface area contributed by atoms with Gasteiger partial charge in [0.25, 0.3) is 0 Å². The summed E-state index contributed by atoms with van der Waals surface area (Å²) in [5.41, 5.74) is 5.41. The highest BCUT2D eigenvalue weighted by molar-refractivity contribution is 7.09. The summed E-state index contributed by atoms with van der Waals surface area (Å²) < 4.78 is 0. The molecule has 3 heteroatoms. The zero-order valence-electron chi connectivity index (χ0n) is 12.2. The van der Waals surface area contributed by atoms with Crippen LogP contribution in [-0.4, -0.2) is 11.5 Å². The van der Waals surface area contributed by atoms with Gasteiger partial charge >= 0.3 is 0 Å². The van der Waals surface area contributed by atoms with Crippen LogP contribution in [-0.2, 0) is 0 Å². The van der Waals surface area contributed by atoms with Crippen molar-refractivity contribution in [3.05, 3.63) is 51.0 Å². The Kier molecular flexibility index (Phi) is 4.72. The number of benzene rings is 1. The molecule has 1 N–H and O–H groups in total. The molecule has 0 amide bonds. The molecule has 1 atom stereocenters. The minimum absolute atomic E-state index is 0.223. The Morgan fingerprint density at radius 3 is 2.42 bits per heavy atom. The molecule has 0 radical (unpaired) electrons. The summed E-state index contributed by atoms with van der Waals surface area (Å²) in [6, 6.07) is 4.74. The Morgan fingerprint density at radius 2 is 1.89 bits per heavy atom. The van der Waals surface area contributed by atoms with Crippen molar-refractivity contribution in [2.75, 3.05) is 6.54 Å². The highest BCUT2D eigenvalue weighted by Gasteiger charge is 2.19. The fourth-order valence-corrected chi connectivity index (χ4v) is 3.35. The molecule has 2 aromatic rings. The van der Waals surface area contributed by atoms with E-state index in [1.54, 1.807) is 11.3 Å². The van der Waals surface area contributed by atoms with Crippen molar-refractivity contribution in [2.45, 2.75) is 40.2 Å². The van der Waals surface area contributed by atoms with E-state index in [-0.39, 0.29) is 6.04 Å². The first-order chi connectivity index (χ1) is 9.13. The van der Waals surface area contributed by atoms with Crippen LogP contribution in [0.4, 0.5) is 0 Å². The van der Waals surface area contributed by atoms with Crippen molar-refractivity contribution in [2.24, 2.45) is 0 Å². The molecule has 102 valence electrons. The van der Waals surface area contributed by atoms with E-state index in [0.29, 0.717) is 0 Å². The average molecular weight is 274 g/mol. The first-order valence-electron chi connectivity index (χ1n) is 6.84. The van der Waals surface area contributed by atoms with Gasteiger partial charge in [-0.15, -0.1) is 11.3 Å². The van der Waals surface area contributed by atoms with E-state index < -0.39 is 0 Å². The minimum Gasteiger partial charge on any atom is -0.304 e. The van der Waals surface area contributed by atoms with Crippen LogP contribution >= 0.6 is 11.3 Å². The lowest BCUT2D eigenvalue weighted by molar-refractivity contribution is 0.591. The van der Waals surface area contributed by atoms with Crippen LogP contribution in [0.15, 0.2) is 23.7 Å². The molecule has 0 aliphatic carbocycles. The predicted molar refractivity (Wildman–Crippen MR) is 82.9 cm³/mol. The topological polar surface area (TPSA) is 24.9 Å². The van der Waals surface area contributed by atoms with Crippen molar-refractivity contribution < 1.29 is 0 Å². The molecular formula is C16H22N2S. The molecule has 2 nitrogen and oxygen atoms in total. The Bertz CT molecular complexity index is 509. The van der Waals surface area contributed by atoms with Crippen molar-refractivity contribution in [3.8, 4) is 0 Å². The van der Waals surface area contributed by atoms with E-state index in [1.165, 1.54) is 22.3 Å². The monoisotopic (exact) mass is 274 g/mol.